The third kappa shape index (κ3) is 3.83. The zero-order valence-corrected chi connectivity index (χ0v) is 14.0. The molecule has 23 heavy (non-hydrogen) atoms. The van der Waals surface area contributed by atoms with E-state index in [4.69, 9.17) is 4.74 Å². The van der Waals surface area contributed by atoms with Crippen LogP contribution in [0, 0.1) is 5.41 Å². The predicted molar refractivity (Wildman–Crippen MR) is 90.8 cm³/mol. The van der Waals surface area contributed by atoms with Crippen LogP contribution in [0.5, 0.6) is 0 Å². The molecule has 1 N–H and O–H groups in total. The SMILES string of the molecule is COCCNC(=O)c1ccc(N2CCC3(CCCC3)CC2)nc1. The Bertz CT molecular complexity index is 514. The lowest BCUT2D eigenvalue weighted by Crippen LogP contribution is -2.39. The number of hydrogen-bond donors (Lipinski definition) is 1. The number of amides is 1. The van der Waals surface area contributed by atoms with Crippen LogP contribution < -0.4 is 10.2 Å². The van der Waals surface area contributed by atoms with Crippen molar-refractivity contribution in [1.29, 1.82) is 0 Å². The quantitative estimate of drug-likeness (QED) is 0.848. The summed E-state index contributed by atoms with van der Waals surface area (Å²) >= 11 is 0. The van der Waals surface area contributed by atoms with Crippen LogP contribution >= 0.6 is 0 Å². The number of nitrogens with one attached hydrogen (secondary N) is 1. The Morgan fingerprint density at radius 3 is 2.61 bits per heavy atom. The molecule has 0 radical (unpaired) electrons. The summed E-state index contributed by atoms with van der Waals surface area (Å²) in [5.41, 5.74) is 1.23. The molecule has 1 amide bonds. The Morgan fingerprint density at radius 1 is 1.26 bits per heavy atom. The van der Waals surface area contributed by atoms with Gasteiger partial charge >= 0.3 is 0 Å². The number of carbonyl (C=O) groups excluding carboxylic acids is 1. The lowest BCUT2D eigenvalue weighted by atomic mass is 9.77. The van der Waals surface area contributed by atoms with Crippen LogP contribution in [-0.2, 0) is 4.74 Å². The van der Waals surface area contributed by atoms with Crippen molar-refractivity contribution in [3.8, 4) is 0 Å². The van der Waals surface area contributed by atoms with Crippen molar-refractivity contribution in [3.05, 3.63) is 23.9 Å². The van der Waals surface area contributed by atoms with Crippen LogP contribution in [0.15, 0.2) is 18.3 Å². The fourth-order valence-corrected chi connectivity index (χ4v) is 3.91. The second-order valence-corrected chi connectivity index (χ2v) is 6.85. The van der Waals surface area contributed by atoms with E-state index in [-0.39, 0.29) is 5.91 Å². The summed E-state index contributed by atoms with van der Waals surface area (Å²) in [4.78, 5) is 18.8. The van der Waals surface area contributed by atoms with Gasteiger partial charge in [0.1, 0.15) is 5.82 Å². The molecular formula is C18H27N3O2. The monoisotopic (exact) mass is 317 g/mol. The minimum absolute atomic E-state index is 0.0929. The summed E-state index contributed by atoms with van der Waals surface area (Å²) in [5.74, 6) is 0.899. The zero-order valence-electron chi connectivity index (χ0n) is 14.0. The number of ether oxygens (including phenoxy) is 1. The molecule has 2 heterocycles. The number of nitrogens with zero attached hydrogens (tertiary/aromatic N) is 2. The average molecular weight is 317 g/mol. The number of anilines is 1. The normalized spacial score (nSPS) is 20.0. The molecule has 0 bridgehead atoms. The second kappa shape index (κ2) is 7.30. The highest BCUT2D eigenvalue weighted by molar-refractivity contribution is 5.94. The Hall–Kier alpha value is -1.62. The highest BCUT2D eigenvalue weighted by atomic mass is 16.5. The van der Waals surface area contributed by atoms with Crippen LogP contribution in [0.3, 0.4) is 0 Å². The molecule has 1 aromatic heterocycles. The van der Waals surface area contributed by atoms with Gasteiger partial charge in [-0.15, -0.1) is 0 Å². The molecule has 2 aliphatic rings. The first-order valence-corrected chi connectivity index (χ1v) is 8.71. The molecule has 0 atom stereocenters. The van der Waals surface area contributed by atoms with E-state index in [0.717, 1.165) is 18.9 Å². The maximum absolute atomic E-state index is 12.0. The highest BCUT2D eigenvalue weighted by Gasteiger charge is 2.37. The van der Waals surface area contributed by atoms with Crippen LogP contribution in [0.2, 0.25) is 0 Å². The maximum atomic E-state index is 12.0. The molecule has 5 nitrogen and oxygen atoms in total. The fraction of sp³-hybridized carbons (Fsp3) is 0.667. The van der Waals surface area contributed by atoms with Gasteiger partial charge < -0.3 is 15.0 Å². The van der Waals surface area contributed by atoms with Gasteiger partial charge in [-0.2, -0.15) is 0 Å². The summed E-state index contributed by atoms with van der Waals surface area (Å²) in [6.07, 6.45) is 9.89. The molecule has 0 unspecified atom stereocenters. The van der Waals surface area contributed by atoms with Gasteiger partial charge in [0, 0.05) is 32.9 Å². The molecule has 0 aromatic carbocycles. The van der Waals surface area contributed by atoms with Gasteiger partial charge in [-0.3, -0.25) is 4.79 Å². The number of piperidine rings is 1. The molecule has 3 rings (SSSR count). The summed E-state index contributed by atoms with van der Waals surface area (Å²) in [5, 5.41) is 2.81. The Morgan fingerprint density at radius 2 is 2.00 bits per heavy atom. The van der Waals surface area contributed by atoms with E-state index in [2.05, 4.69) is 15.2 Å². The maximum Gasteiger partial charge on any atom is 0.252 e. The van der Waals surface area contributed by atoms with Gasteiger partial charge in [-0.05, 0) is 43.2 Å². The molecule has 1 spiro atoms. The van der Waals surface area contributed by atoms with E-state index in [9.17, 15) is 4.79 Å². The first kappa shape index (κ1) is 16.2. The molecule has 2 fully saturated rings. The zero-order chi connectivity index (χ0) is 16.1. The lowest BCUT2D eigenvalue weighted by Gasteiger charge is -2.40. The van der Waals surface area contributed by atoms with Crippen molar-refractivity contribution in [2.45, 2.75) is 38.5 Å². The van der Waals surface area contributed by atoms with Crippen LogP contribution in [0.1, 0.15) is 48.9 Å². The third-order valence-corrected chi connectivity index (χ3v) is 5.41. The second-order valence-electron chi connectivity index (χ2n) is 6.85. The van der Waals surface area contributed by atoms with Crippen molar-refractivity contribution in [2.24, 2.45) is 5.41 Å². The van der Waals surface area contributed by atoms with Crippen molar-refractivity contribution >= 4 is 11.7 Å². The molecule has 1 saturated carbocycles. The molecule has 1 aromatic rings. The molecule has 1 aliphatic carbocycles. The number of pyridine rings is 1. The number of aromatic nitrogens is 1. The van der Waals surface area contributed by atoms with Crippen LogP contribution in [0.25, 0.3) is 0 Å². The summed E-state index contributed by atoms with van der Waals surface area (Å²) < 4.78 is 4.93. The van der Waals surface area contributed by atoms with Crippen LogP contribution in [-0.4, -0.2) is 44.2 Å². The summed E-state index contributed by atoms with van der Waals surface area (Å²) in [6, 6.07) is 3.84. The largest absolute Gasteiger partial charge is 0.383 e. The first-order chi connectivity index (χ1) is 11.2. The van der Waals surface area contributed by atoms with Gasteiger partial charge in [0.05, 0.1) is 12.2 Å². The minimum Gasteiger partial charge on any atom is -0.383 e. The lowest BCUT2D eigenvalue weighted by molar-refractivity contribution is 0.0937. The first-order valence-electron chi connectivity index (χ1n) is 8.71. The Balaban J connectivity index is 1.54. The number of hydrogen-bond acceptors (Lipinski definition) is 4. The van der Waals surface area contributed by atoms with Gasteiger partial charge in [-0.1, -0.05) is 12.8 Å². The minimum atomic E-state index is -0.0929. The number of methoxy groups -OCH3 is 1. The smallest absolute Gasteiger partial charge is 0.252 e. The van der Waals surface area contributed by atoms with E-state index in [1.54, 1.807) is 13.3 Å². The topological polar surface area (TPSA) is 54.5 Å². The van der Waals surface area contributed by atoms with E-state index in [0.29, 0.717) is 24.1 Å². The predicted octanol–water partition coefficient (Wildman–Crippen LogP) is 2.62. The fourth-order valence-electron chi connectivity index (χ4n) is 3.91. The van der Waals surface area contributed by atoms with Crippen molar-refractivity contribution in [1.82, 2.24) is 10.3 Å². The van der Waals surface area contributed by atoms with Crippen molar-refractivity contribution in [2.75, 3.05) is 38.3 Å². The van der Waals surface area contributed by atoms with E-state index >= 15 is 0 Å². The molecule has 1 saturated heterocycles. The highest BCUT2D eigenvalue weighted by Crippen LogP contribution is 2.46. The molecule has 126 valence electrons. The van der Waals surface area contributed by atoms with E-state index in [1.807, 2.05) is 12.1 Å². The Kier molecular flexibility index (Phi) is 5.16. The Labute approximate surface area is 138 Å². The van der Waals surface area contributed by atoms with E-state index in [1.165, 1.54) is 38.5 Å². The standard InChI is InChI=1S/C18H27N3O2/c1-23-13-10-19-17(22)15-4-5-16(20-14-15)21-11-8-18(9-12-21)6-2-3-7-18/h4-5,14H,2-3,6-13H2,1H3,(H,19,22). The van der Waals surface area contributed by atoms with Gasteiger partial charge in [0.25, 0.3) is 5.91 Å². The van der Waals surface area contributed by atoms with Crippen molar-refractivity contribution in [3.63, 3.8) is 0 Å². The molecular weight excluding hydrogens is 290 g/mol. The van der Waals surface area contributed by atoms with Gasteiger partial charge in [-0.25, -0.2) is 4.98 Å². The van der Waals surface area contributed by atoms with Gasteiger partial charge in [0.15, 0.2) is 0 Å². The average Bonchev–Trinajstić information content (AvgIpc) is 3.04. The van der Waals surface area contributed by atoms with Gasteiger partial charge in [0.2, 0.25) is 0 Å². The number of carbonyl (C=O) groups is 1. The summed E-state index contributed by atoms with van der Waals surface area (Å²) in [6.45, 7) is 3.22. The summed E-state index contributed by atoms with van der Waals surface area (Å²) in [7, 11) is 1.62. The van der Waals surface area contributed by atoms with E-state index < -0.39 is 0 Å². The molecule has 1 aliphatic heterocycles. The van der Waals surface area contributed by atoms with Crippen LogP contribution in [0.4, 0.5) is 5.82 Å². The third-order valence-electron chi connectivity index (χ3n) is 5.41. The molecule has 5 heteroatoms. The number of rotatable bonds is 5. The van der Waals surface area contributed by atoms with Crippen molar-refractivity contribution < 1.29 is 9.53 Å².